The number of halogens is 1. The van der Waals surface area contributed by atoms with Crippen molar-refractivity contribution in [3.05, 3.63) is 70.2 Å². The van der Waals surface area contributed by atoms with Crippen molar-refractivity contribution in [3.8, 4) is 11.4 Å². The van der Waals surface area contributed by atoms with Crippen LogP contribution in [0.1, 0.15) is 24.1 Å². The van der Waals surface area contributed by atoms with E-state index in [0.29, 0.717) is 10.6 Å². The Morgan fingerprint density at radius 3 is 2.73 bits per heavy atom. The van der Waals surface area contributed by atoms with E-state index in [-0.39, 0.29) is 24.3 Å². The van der Waals surface area contributed by atoms with Gasteiger partial charge in [0.05, 0.1) is 6.04 Å². The number of aromatic nitrogens is 3. The van der Waals surface area contributed by atoms with Crippen molar-refractivity contribution < 1.29 is 9.18 Å². The Morgan fingerprint density at radius 2 is 2.04 bits per heavy atom. The highest BCUT2D eigenvalue weighted by Gasteiger charge is 2.15. The van der Waals surface area contributed by atoms with Crippen molar-refractivity contribution in [2.24, 2.45) is 0 Å². The summed E-state index contributed by atoms with van der Waals surface area (Å²) in [5.74, 6) is 0.108. The quantitative estimate of drug-likeness (QED) is 0.669. The second kappa shape index (κ2) is 7.61. The molecule has 0 saturated heterocycles. The topological polar surface area (TPSA) is 62.7 Å². The minimum absolute atomic E-state index is 0.0458. The lowest BCUT2D eigenvalue weighted by molar-refractivity contribution is -0.122. The highest BCUT2D eigenvalue weighted by molar-refractivity contribution is 7.71. The molecule has 2 N–H and O–H groups in total. The van der Waals surface area contributed by atoms with E-state index in [9.17, 15) is 9.18 Å². The van der Waals surface area contributed by atoms with Crippen molar-refractivity contribution in [3.63, 3.8) is 0 Å². The van der Waals surface area contributed by atoms with Gasteiger partial charge in [-0.3, -0.25) is 14.5 Å². The maximum absolute atomic E-state index is 13.0. The molecule has 0 aliphatic carbocycles. The number of H-pyrrole nitrogens is 1. The normalized spacial score (nSPS) is 12.0. The Hall–Kier alpha value is -2.80. The summed E-state index contributed by atoms with van der Waals surface area (Å²) in [5.41, 5.74) is 2.81. The van der Waals surface area contributed by atoms with Gasteiger partial charge in [-0.2, -0.15) is 5.10 Å². The second-order valence-corrected chi connectivity index (χ2v) is 6.54. The number of nitrogens with zero attached hydrogens (tertiary/aromatic N) is 2. The number of carbonyl (C=O) groups excluding carboxylic acids is 1. The fraction of sp³-hybridized carbons (Fsp3) is 0.211. The van der Waals surface area contributed by atoms with Crippen LogP contribution in [-0.2, 0) is 11.3 Å². The summed E-state index contributed by atoms with van der Waals surface area (Å²) in [7, 11) is 0. The van der Waals surface area contributed by atoms with Crippen LogP contribution in [0.5, 0.6) is 0 Å². The molecule has 2 aromatic carbocycles. The smallest absolute Gasteiger partial charge is 0.240 e. The van der Waals surface area contributed by atoms with Crippen LogP contribution < -0.4 is 5.32 Å². The first-order valence-electron chi connectivity index (χ1n) is 8.21. The Labute approximate surface area is 155 Å². The molecule has 26 heavy (non-hydrogen) atoms. The molecular formula is C19H19FN4OS. The average molecular weight is 370 g/mol. The Balaban J connectivity index is 1.76. The van der Waals surface area contributed by atoms with Crippen molar-refractivity contribution >= 4 is 18.1 Å². The molecule has 0 radical (unpaired) electrons. The second-order valence-electron chi connectivity index (χ2n) is 6.15. The van der Waals surface area contributed by atoms with Gasteiger partial charge < -0.3 is 5.32 Å². The number of aryl methyl sites for hydroxylation is 1. The van der Waals surface area contributed by atoms with Crippen LogP contribution in [0.25, 0.3) is 11.4 Å². The zero-order chi connectivity index (χ0) is 18.7. The average Bonchev–Trinajstić information content (AvgIpc) is 2.96. The van der Waals surface area contributed by atoms with E-state index in [1.54, 1.807) is 16.7 Å². The molecule has 1 aromatic heterocycles. The monoisotopic (exact) mass is 370 g/mol. The Morgan fingerprint density at radius 1 is 1.31 bits per heavy atom. The van der Waals surface area contributed by atoms with E-state index < -0.39 is 0 Å². The lowest BCUT2D eigenvalue weighted by Crippen LogP contribution is -2.30. The summed E-state index contributed by atoms with van der Waals surface area (Å²) >= 11 is 5.27. The van der Waals surface area contributed by atoms with Gasteiger partial charge in [0.2, 0.25) is 5.91 Å². The van der Waals surface area contributed by atoms with Crippen molar-refractivity contribution in [2.45, 2.75) is 26.4 Å². The molecule has 0 aliphatic rings. The zero-order valence-electron chi connectivity index (χ0n) is 14.5. The van der Waals surface area contributed by atoms with Crippen LogP contribution in [-0.4, -0.2) is 20.7 Å². The van der Waals surface area contributed by atoms with Gasteiger partial charge >= 0.3 is 0 Å². The summed E-state index contributed by atoms with van der Waals surface area (Å²) in [5, 5.41) is 9.90. The molecule has 3 aromatic rings. The van der Waals surface area contributed by atoms with Gasteiger partial charge in [0, 0.05) is 5.56 Å². The zero-order valence-corrected chi connectivity index (χ0v) is 15.3. The number of aromatic amines is 1. The van der Waals surface area contributed by atoms with Crippen LogP contribution in [0.15, 0.2) is 48.5 Å². The number of hydrogen-bond acceptors (Lipinski definition) is 3. The summed E-state index contributed by atoms with van der Waals surface area (Å²) in [6.45, 7) is 3.89. The molecule has 5 nitrogen and oxygen atoms in total. The number of hydrogen-bond donors (Lipinski definition) is 2. The number of nitrogens with one attached hydrogen (secondary N) is 2. The van der Waals surface area contributed by atoms with E-state index in [4.69, 9.17) is 12.2 Å². The first kappa shape index (κ1) is 18.0. The Bertz CT molecular complexity index is 978. The molecule has 0 bridgehead atoms. The van der Waals surface area contributed by atoms with E-state index in [1.807, 2.05) is 38.1 Å². The highest BCUT2D eigenvalue weighted by atomic mass is 32.1. The van der Waals surface area contributed by atoms with E-state index in [0.717, 1.165) is 16.7 Å². The van der Waals surface area contributed by atoms with Crippen molar-refractivity contribution in [1.82, 2.24) is 20.1 Å². The fourth-order valence-corrected chi connectivity index (χ4v) is 2.93. The van der Waals surface area contributed by atoms with Gasteiger partial charge in [0.15, 0.2) is 10.6 Å². The maximum Gasteiger partial charge on any atom is 0.240 e. The molecule has 134 valence electrons. The SMILES string of the molecule is Cc1cccc(-c2n[nH]c(=S)n2CC(=O)NC(C)c2ccc(F)cc2)c1. The lowest BCUT2D eigenvalue weighted by atomic mass is 10.1. The van der Waals surface area contributed by atoms with Gasteiger partial charge in [-0.25, -0.2) is 4.39 Å². The van der Waals surface area contributed by atoms with Gasteiger partial charge in [-0.15, -0.1) is 0 Å². The molecule has 0 fully saturated rings. The largest absolute Gasteiger partial charge is 0.348 e. The van der Waals surface area contributed by atoms with Gasteiger partial charge in [-0.05, 0) is 49.8 Å². The molecule has 0 aliphatic heterocycles. The number of carbonyl (C=O) groups is 1. The molecule has 1 atom stereocenters. The van der Waals surface area contributed by atoms with Crippen LogP contribution in [0, 0.1) is 17.5 Å². The first-order chi connectivity index (χ1) is 12.4. The summed E-state index contributed by atoms with van der Waals surface area (Å²) in [6.07, 6.45) is 0. The minimum Gasteiger partial charge on any atom is -0.348 e. The van der Waals surface area contributed by atoms with Gasteiger partial charge in [-0.1, -0.05) is 35.9 Å². The predicted molar refractivity (Wildman–Crippen MR) is 101 cm³/mol. The molecule has 0 saturated carbocycles. The third-order valence-electron chi connectivity index (χ3n) is 4.08. The summed E-state index contributed by atoms with van der Waals surface area (Å²) < 4.78 is 15.1. The van der Waals surface area contributed by atoms with E-state index in [2.05, 4.69) is 15.5 Å². The predicted octanol–water partition coefficient (Wildman–Crippen LogP) is 3.93. The van der Waals surface area contributed by atoms with Gasteiger partial charge in [0.25, 0.3) is 0 Å². The number of benzene rings is 2. The fourth-order valence-electron chi connectivity index (χ4n) is 2.73. The molecule has 1 heterocycles. The molecular weight excluding hydrogens is 351 g/mol. The van der Waals surface area contributed by atoms with Crippen LogP contribution >= 0.6 is 12.2 Å². The third-order valence-corrected chi connectivity index (χ3v) is 4.40. The van der Waals surface area contributed by atoms with Crippen molar-refractivity contribution in [1.29, 1.82) is 0 Å². The maximum atomic E-state index is 13.0. The van der Waals surface area contributed by atoms with Crippen molar-refractivity contribution in [2.75, 3.05) is 0 Å². The molecule has 0 spiro atoms. The molecule has 7 heteroatoms. The van der Waals surface area contributed by atoms with E-state index >= 15 is 0 Å². The van der Waals surface area contributed by atoms with Crippen LogP contribution in [0.2, 0.25) is 0 Å². The summed E-state index contributed by atoms with van der Waals surface area (Å²) in [4.78, 5) is 12.5. The minimum atomic E-state index is -0.306. The third kappa shape index (κ3) is 4.05. The van der Waals surface area contributed by atoms with Gasteiger partial charge in [0.1, 0.15) is 12.4 Å². The molecule has 1 unspecified atom stereocenters. The highest BCUT2D eigenvalue weighted by Crippen LogP contribution is 2.19. The number of rotatable bonds is 5. The van der Waals surface area contributed by atoms with Crippen LogP contribution in [0.4, 0.5) is 4.39 Å². The Kier molecular flexibility index (Phi) is 5.27. The molecule has 3 rings (SSSR count). The molecule has 1 amide bonds. The standard InChI is InChI=1S/C19H19FN4OS/c1-12-4-3-5-15(10-12)18-22-23-19(26)24(18)11-17(25)21-13(2)14-6-8-16(20)9-7-14/h3-10,13H,11H2,1-2H3,(H,21,25)(H,23,26). The lowest BCUT2D eigenvalue weighted by Gasteiger charge is -2.15. The first-order valence-corrected chi connectivity index (χ1v) is 8.62. The van der Waals surface area contributed by atoms with E-state index in [1.165, 1.54) is 12.1 Å². The number of amides is 1. The van der Waals surface area contributed by atoms with Crippen LogP contribution in [0.3, 0.4) is 0 Å². The summed E-state index contributed by atoms with van der Waals surface area (Å²) in [6, 6.07) is 13.7.